The molecule has 1 aromatic carbocycles. The first-order valence-corrected chi connectivity index (χ1v) is 3.91. The Balaban J connectivity index is 2.68. The molecule has 0 radical (unpaired) electrons. The van der Waals surface area contributed by atoms with Crippen molar-refractivity contribution in [3.63, 3.8) is 0 Å². The Labute approximate surface area is 71.8 Å². The van der Waals surface area contributed by atoms with Gasteiger partial charge in [0.25, 0.3) is 0 Å². The lowest BCUT2D eigenvalue weighted by Gasteiger charge is -2.17. The first-order chi connectivity index (χ1) is 5.74. The molecule has 0 spiro atoms. The smallest absolute Gasteiger partial charge is 0.123 e. The van der Waals surface area contributed by atoms with E-state index in [-0.39, 0.29) is 5.82 Å². The van der Waals surface area contributed by atoms with Crippen molar-refractivity contribution in [1.82, 2.24) is 0 Å². The van der Waals surface area contributed by atoms with Crippen LogP contribution in [-0.4, -0.2) is 20.1 Å². The van der Waals surface area contributed by atoms with E-state index in [9.17, 15) is 4.39 Å². The van der Waals surface area contributed by atoms with Crippen LogP contribution in [0.5, 0.6) is 0 Å². The van der Waals surface area contributed by atoms with Crippen LogP contribution in [0.3, 0.4) is 0 Å². The summed E-state index contributed by atoms with van der Waals surface area (Å²) in [6.45, 7) is 1.39. The molecule has 2 N–H and O–H groups in total. The minimum Gasteiger partial charge on any atom is -0.373 e. The maximum absolute atomic E-state index is 12.5. The Hall–Kier alpha value is -1.09. The van der Waals surface area contributed by atoms with Gasteiger partial charge in [-0.3, -0.25) is 0 Å². The van der Waals surface area contributed by atoms with Gasteiger partial charge in [-0.1, -0.05) is 0 Å². The third kappa shape index (κ3) is 2.20. The maximum atomic E-state index is 12.5. The van der Waals surface area contributed by atoms with E-state index in [0.717, 1.165) is 12.2 Å². The van der Waals surface area contributed by atoms with Crippen molar-refractivity contribution in [2.45, 2.75) is 0 Å². The highest BCUT2D eigenvalue weighted by Gasteiger charge is 1.98. The number of nitrogens with zero attached hydrogens (tertiary/aromatic N) is 1. The van der Waals surface area contributed by atoms with Crippen LogP contribution in [0.2, 0.25) is 0 Å². The molecule has 0 saturated carbocycles. The van der Waals surface area contributed by atoms with Crippen molar-refractivity contribution in [3.8, 4) is 0 Å². The number of likely N-dealkylation sites (N-methyl/N-ethyl adjacent to an activating group) is 1. The van der Waals surface area contributed by atoms with E-state index in [2.05, 4.69) is 0 Å². The van der Waals surface area contributed by atoms with Crippen LogP contribution in [0, 0.1) is 5.82 Å². The highest BCUT2D eigenvalue weighted by atomic mass is 19.1. The predicted octanol–water partition coefficient (Wildman–Crippen LogP) is 1.22. The molecular formula is C9H13FN2. The lowest BCUT2D eigenvalue weighted by molar-refractivity contribution is 0.627. The van der Waals surface area contributed by atoms with Crippen molar-refractivity contribution in [2.24, 2.45) is 5.73 Å². The van der Waals surface area contributed by atoms with Gasteiger partial charge in [0.15, 0.2) is 0 Å². The minimum absolute atomic E-state index is 0.208. The van der Waals surface area contributed by atoms with Crippen LogP contribution in [0.25, 0.3) is 0 Å². The lowest BCUT2D eigenvalue weighted by Crippen LogP contribution is -2.24. The molecule has 2 nitrogen and oxygen atoms in total. The number of hydrogen-bond donors (Lipinski definition) is 1. The summed E-state index contributed by atoms with van der Waals surface area (Å²) < 4.78 is 12.5. The fourth-order valence-electron chi connectivity index (χ4n) is 1.02. The molecule has 0 amide bonds. The van der Waals surface area contributed by atoms with Crippen molar-refractivity contribution in [2.75, 3.05) is 25.0 Å². The van der Waals surface area contributed by atoms with Crippen molar-refractivity contribution >= 4 is 5.69 Å². The average Bonchev–Trinajstić information content (AvgIpc) is 2.06. The van der Waals surface area contributed by atoms with Crippen molar-refractivity contribution in [1.29, 1.82) is 0 Å². The van der Waals surface area contributed by atoms with E-state index < -0.39 is 0 Å². The van der Waals surface area contributed by atoms with Crippen LogP contribution in [-0.2, 0) is 0 Å². The lowest BCUT2D eigenvalue weighted by atomic mass is 10.3. The van der Waals surface area contributed by atoms with Gasteiger partial charge in [-0.2, -0.15) is 0 Å². The van der Waals surface area contributed by atoms with Gasteiger partial charge in [0.2, 0.25) is 0 Å². The van der Waals surface area contributed by atoms with E-state index in [0.29, 0.717) is 6.54 Å². The summed E-state index contributed by atoms with van der Waals surface area (Å²) in [7, 11) is 1.93. The Bertz CT molecular complexity index is 233. The quantitative estimate of drug-likeness (QED) is 0.735. The van der Waals surface area contributed by atoms with E-state index in [1.807, 2.05) is 11.9 Å². The van der Waals surface area contributed by atoms with Gasteiger partial charge in [0.05, 0.1) is 0 Å². The number of anilines is 1. The molecule has 12 heavy (non-hydrogen) atoms. The zero-order chi connectivity index (χ0) is 8.97. The van der Waals surface area contributed by atoms with Gasteiger partial charge in [-0.15, -0.1) is 0 Å². The molecule has 0 aliphatic rings. The molecule has 0 bridgehead atoms. The standard InChI is InChI=1S/C9H13FN2/c1-12(7-6-11)9-4-2-8(10)3-5-9/h2-5H,6-7,11H2,1H3. The monoisotopic (exact) mass is 168 g/mol. The van der Waals surface area contributed by atoms with Crippen LogP contribution in [0.15, 0.2) is 24.3 Å². The Morgan fingerprint density at radius 3 is 2.42 bits per heavy atom. The van der Waals surface area contributed by atoms with Gasteiger partial charge in [0, 0.05) is 25.8 Å². The Morgan fingerprint density at radius 2 is 1.92 bits per heavy atom. The second-order valence-corrected chi connectivity index (χ2v) is 2.69. The zero-order valence-electron chi connectivity index (χ0n) is 7.13. The second kappa shape index (κ2) is 4.07. The summed E-state index contributed by atoms with van der Waals surface area (Å²) in [4.78, 5) is 1.99. The summed E-state index contributed by atoms with van der Waals surface area (Å²) in [5.41, 5.74) is 6.37. The van der Waals surface area contributed by atoms with Gasteiger partial charge >= 0.3 is 0 Å². The van der Waals surface area contributed by atoms with E-state index in [1.165, 1.54) is 12.1 Å². The van der Waals surface area contributed by atoms with Gasteiger partial charge in [-0.25, -0.2) is 4.39 Å². The van der Waals surface area contributed by atoms with Crippen LogP contribution >= 0.6 is 0 Å². The molecule has 66 valence electrons. The Morgan fingerprint density at radius 1 is 1.33 bits per heavy atom. The molecule has 0 unspecified atom stereocenters. The predicted molar refractivity (Wildman–Crippen MR) is 48.7 cm³/mol. The largest absolute Gasteiger partial charge is 0.373 e. The topological polar surface area (TPSA) is 29.3 Å². The first-order valence-electron chi connectivity index (χ1n) is 3.91. The zero-order valence-corrected chi connectivity index (χ0v) is 7.13. The second-order valence-electron chi connectivity index (χ2n) is 2.69. The fraction of sp³-hybridized carbons (Fsp3) is 0.333. The number of rotatable bonds is 3. The van der Waals surface area contributed by atoms with Gasteiger partial charge in [0.1, 0.15) is 5.82 Å². The molecule has 1 rings (SSSR count). The number of halogens is 1. The average molecular weight is 168 g/mol. The van der Waals surface area contributed by atoms with E-state index >= 15 is 0 Å². The maximum Gasteiger partial charge on any atom is 0.123 e. The molecule has 0 aromatic heterocycles. The molecule has 0 fully saturated rings. The number of nitrogens with two attached hydrogens (primary N) is 1. The summed E-state index contributed by atoms with van der Waals surface area (Å²) in [5, 5.41) is 0. The van der Waals surface area contributed by atoms with Crippen molar-refractivity contribution in [3.05, 3.63) is 30.1 Å². The summed E-state index contributed by atoms with van der Waals surface area (Å²) in [6.07, 6.45) is 0. The Kier molecular flexibility index (Phi) is 3.05. The third-order valence-corrected chi connectivity index (χ3v) is 1.73. The molecule has 1 aromatic rings. The molecule has 0 saturated heterocycles. The van der Waals surface area contributed by atoms with E-state index in [1.54, 1.807) is 12.1 Å². The van der Waals surface area contributed by atoms with Crippen LogP contribution in [0.1, 0.15) is 0 Å². The minimum atomic E-state index is -0.208. The molecule has 3 heteroatoms. The molecule has 0 aliphatic heterocycles. The summed E-state index contributed by atoms with van der Waals surface area (Å²) >= 11 is 0. The molecule has 0 atom stereocenters. The van der Waals surface area contributed by atoms with Gasteiger partial charge in [-0.05, 0) is 24.3 Å². The number of benzene rings is 1. The molecule has 0 aliphatic carbocycles. The highest BCUT2D eigenvalue weighted by molar-refractivity contribution is 5.45. The molecular weight excluding hydrogens is 155 g/mol. The first kappa shape index (κ1) is 9.00. The third-order valence-electron chi connectivity index (χ3n) is 1.73. The van der Waals surface area contributed by atoms with Crippen LogP contribution < -0.4 is 10.6 Å². The normalized spacial score (nSPS) is 9.92. The summed E-state index contributed by atoms with van der Waals surface area (Å²) in [5.74, 6) is -0.208. The van der Waals surface area contributed by atoms with E-state index in [4.69, 9.17) is 5.73 Å². The fourth-order valence-corrected chi connectivity index (χ4v) is 1.02. The van der Waals surface area contributed by atoms with Crippen LogP contribution in [0.4, 0.5) is 10.1 Å². The number of hydrogen-bond acceptors (Lipinski definition) is 2. The van der Waals surface area contributed by atoms with Gasteiger partial charge < -0.3 is 10.6 Å². The summed E-state index contributed by atoms with van der Waals surface area (Å²) in [6, 6.07) is 6.38. The SMILES string of the molecule is CN(CCN)c1ccc(F)cc1. The highest BCUT2D eigenvalue weighted by Crippen LogP contribution is 2.11. The van der Waals surface area contributed by atoms with Crippen molar-refractivity contribution < 1.29 is 4.39 Å². The molecule has 0 heterocycles.